The molecular formula is C12H23NS. The molecular weight excluding hydrogens is 190 g/mol. The molecule has 82 valence electrons. The number of hydrogen-bond acceptors (Lipinski definition) is 2. The highest BCUT2D eigenvalue weighted by molar-refractivity contribution is 8.00. The molecule has 2 rings (SSSR count). The van der Waals surface area contributed by atoms with Gasteiger partial charge in [0.25, 0.3) is 0 Å². The molecule has 1 saturated heterocycles. The summed E-state index contributed by atoms with van der Waals surface area (Å²) in [5, 5.41) is 4.73. The van der Waals surface area contributed by atoms with E-state index in [2.05, 4.69) is 37.8 Å². The molecule has 14 heavy (non-hydrogen) atoms. The first kappa shape index (κ1) is 10.8. The van der Waals surface area contributed by atoms with Gasteiger partial charge in [-0.05, 0) is 31.1 Å². The van der Waals surface area contributed by atoms with Crippen LogP contribution in [-0.4, -0.2) is 23.1 Å². The number of thioether (sulfide) groups is 1. The van der Waals surface area contributed by atoms with Crippen LogP contribution in [0.2, 0.25) is 0 Å². The summed E-state index contributed by atoms with van der Waals surface area (Å²) in [6.45, 7) is 7.08. The molecule has 0 aromatic heterocycles. The zero-order valence-corrected chi connectivity index (χ0v) is 10.4. The van der Waals surface area contributed by atoms with Crippen molar-refractivity contribution in [2.75, 3.05) is 5.75 Å². The molecule has 1 aliphatic carbocycles. The standard InChI is InChI=1S/C12H23NS/c1-8(2)12-6-10(7-14-12)13-11-5-4-9(11)3/h8-13H,4-7H2,1-3H3. The highest BCUT2D eigenvalue weighted by atomic mass is 32.2. The predicted molar refractivity (Wildman–Crippen MR) is 64.8 cm³/mol. The van der Waals surface area contributed by atoms with Gasteiger partial charge in [0, 0.05) is 23.1 Å². The summed E-state index contributed by atoms with van der Waals surface area (Å²) in [6, 6.07) is 1.65. The average Bonchev–Trinajstić information content (AvgIpc) is 2.60. The summed E-state index contributed by atoms with van der Waals surface area (Å²) in [5.41, 5.74) is 0. The Morgan fingerprint density at radius 1 is 1.29 bits per heavy atom. The van der Waals surface area contributed by atoms with E-state index in [9.17, 15) is 0 Å². The van der Waals surface area contributed by atoms with E-state index in [4.69, 9.17) is 0 Å². The first-order valence-electron chi connectivity index (χ1n) is 6.04. The maximum Gasteiger partial charge on any atom is 0.0171 e. The van der Waals surface area contributed by atoms with E-state index in [1.807, 2.05) is 0 Å². The third-order valence-electron chi connectivity index (χ3n) is 3.84. The van der Waals surface area contributed by atoms with Crippen LogP contribution in [0.5, 0.6) is 0 Å². The summed E-state index contributed by atoms with van der Waals surface area (Å²) in [5.74, 6) is 3.12. The Morgan fingerprint density at radius 2 is 2.07 bits per heavy atom. The van der Waals surface area contributed by atoms with Gasteiger partial charge in [0.15, 0.2) is 0 Å². The van der Waals surface area contributed by atoms with Crippen molar-refractivity contribution in [1.82, 2.24) is 5.32 Å². The van der Waals surface area contributed by atoms with Gasteiger partial charge in [0.1, 0.15) is 0 Å². The van der Waals surface area contributed by atoms with Crippen molar-refractivity contribution < 1.29 is 0 Å². The lowest BCUT2D eigenvalue weighted by Crippen LogP contribution is -2.47. The molecule has 0 aromatic carbocycles. The van der Waals surface area contributed by atoms with Crippen LogP contribution >= 0.6 is 11.8 Å². The molecule has 2 aliphatic rings. The lowest BCUT2D eigenvalue weighted by atomic mass is 9.80. The molecule has 2 fully saturated rings. The molecule has 0 bridgehead atoms. The van der Waals surface area contributed by atoms with Crippen molar-refractivity contribution >= 4 is 11.8 Å². The second kappa shape index (κ2) is 4.44. The molecule has 0 aromatic rings. The highest BCUT2D eigenvalue weighted by Crippen LogP contribution is 2.34. The Bertz CT molecular complexity index is 193. The van der Waals surface area contributed by atoms with Gasteiger partial charge in [-0.2, -0.15) is 11.8 Å². The molecule has 0 radical (unpaired) electrons. The Hall–Kier alpha value is 0.310. The number of hydrogen-bond donors (Lipinski definition) is 1. The van der Waals surface area contributed by atoms with E-state index in [-0.39, 0.29) is 0 Å². The normalized spacial score (nSPS) is 42.9. The molecule has 2 heteroatoms. The van der Waals surface area contributed by atoms with Crippen LogP contribution in [0, 0.1) is 11.8 Å². The lowest BCUT2D eigenvalue weighted by Gasteiger charge is -2.36. The second-order valence-corrected chi connectivity index (χ2v) is 6.65. The third-order valence-corrected chi connectivity index (χ3v) is 5.60. The van der Waals surface area contributed by atoms with Crippen molar-refractivity contribution in [3.05, 3.63) is 0 Å². The molecule has 1 heterocycles. The maximum atomic E-state index is 3.83. The summed E-state index contributed by atoms with van der Waals surface area (Å²) in [4.78, 5) is 0. The van der Waals surface area contributed by atoms with Gasteiger partial charge in [-0.3, -0.25) is 0 Å². The van der Waals surface area contributed by atoms with Crippen molar-refractivity contribution in [2.45, 2.75) is 57.4 Å². The van der Waals surface area contributed by atoms with Gasteiger partial charge < -0.3 is 5.32 Å². The van der Waals surface area contributed by atoms with Gasteiger partial charge >= 0.3 is 0 Å². The Kier molecular flexibility index (Phi) is 3.43. The minimum absolute atomic E-state index is 0.806. The average molecular weight is 213 g/mol. The van der Waals surface area contributed by atoms with Gasteiger partial charge in [0.05, 0.1) is 0 Å². The SMILES string of the molecule is CC(C)C1CC(NC2CCC2C)CS1. The van der Waals surface area contributed by atoms with Crippen LogP contribution in [0.25, 0.3) is 0 Å². The maximum absolute atomic E-state index is 3.83. The van der Waals surface area contributed by atoms with Crippen LogP contribution in [0.1, 0.15) is 40.0 Å². The van der Waals surface area contributed by atoms with Gasteiger partial charge in [0.2, 0.25) is 0 Å². The zero-order valence-electron chi connectivity index (χ0n) is 9.62. The lowest BCUT2D eigenvalue weighted by molar-refractivity contribution is 0.212. The first-order chi connectivity index (χ1) is 6.66. The van der Waals surface area contributed by atoms with Gasteiger partial charge in [-0.15, -0.1) is 0 Å². The van der Waals surface area contributed by atoms with Crippen molar-refractivity contribution in [3.8, 4) is 0 Å². The zero-order chi connectivity index (χ0) is 10.1. The predicted octanol–water partition coefficient (Wildman–Crippen LogP) is 2.90. The van der Waals surface area contributed by atoms with E-state index in [0.29, 0.717) is 0 Å². The van der Waals surface area contributed by atoms with Gasteiger partial charge in [-0.1, -0.05) is 20.8 Å². The first-order valence-corrected chi connectivity index (χ1v) is 7.09. The number of nitrogens with one attached hydrogen (secondary N) is 1. The second-order valence-electron chi connectivity index (χ2n) is 5.38. The van der Waals surface area contributed by atoms with E-state index in [1.165, 1.54) is 25.0 Å². The molecule has 1 nitrogen and oxygen atoms in total. The Labute approximate surface area is 92.4 Å². The molecule has 0 spiro atoms. The molecule has 1 aliphatic heterocycles. The highest BCUT2D eigenvalue weighted by Gasteiger charge is 2.33. The molecule has 4 atom stereocenters. The summed E-state index contributed by atoms with van der Waals surface area (Å²) < 4.78 is 0. The fourth-order valence-corrected chi connectivity index (χ4v) is 3.92. The molecule has 1 N–H and O–H groups in total. The minimum Gasteiger partial charge on any atom is -0.310 e. The smallest absolute Gasteiger partial charge is 0.0171 e. The third kappa shape index (κ3) is 2.27. The van der Waals surface area contributed by atoms with Crippen molar-refractivity contribution in [2.24, 2.45) is 11.8 Å². The molecule has 4 unspecified atom stereocenters. The Morgan fingerprint density at radius 3 is 2.50 bits per heavy atom. The van der Waals surface area contributed by atoms with Crippen LogP contribution in [-0.2, 0) is 0 Å². The van der Waals surface area contributed by atoms with Crippen LogP contribution in [0.4, 0.5) is 0 Å². The van der Waals surface area contributed by atoms with Crippen LogP contribution in [0.3, 0.4) is 0 Å². The minimum atomic E-state index is 0.806. The van der Waals surface area contributed by atoms with E-state index < -0.39 is 0 Å². The van der Waals surface area contributed by atoms with E-state index >= 15 is 0 Å². The summed E-state index contributed by atoms with van der Waals surface area (Å²) in [7, 11) is 0. The van der Waals surface area contributed by atoms with E-state index in [1.54, 1.807) is 0 Å². The van der Waals surface area contributed by atoms with E-state index in [0.717, 1.165) is 29.2 Å². The summed E-state index contributed by atoms with van der Waals surface area (Å²) >= 11 is 2.17. The summed E-state index contributed by atoms with van der Waals surface area (Å²) in [6.07, 6.45) is 4.24. The monoisotopic (exact) mass is 213 g/mol. The van der Waals surface area contributed by atoms with Crippen LogP contribution in [0.15, 0.2) is 0 Å². The Balaban J connectivity index is 1.73. The molecule has 1 saturated carbocycles. The van der Waals surface area contributed by atoms with Crippen molar-refractivity contribution in [1.29, 1.82) is 0 Å². The fraction of sp³-hybridized carbons (Fsp3) is 1.00. The largest absolute Gasteiger partial charge is 0.310 e. The van der Waals surface area contributed by atoms with Crippen LogP contribution < -0.4 is 5.32 Å². The molecule has 0 amide bonds. The number of rotatable bonds is 3. The topological polar surface area (TPSA) is 12.0 Å². The quantitative estimate of drug-likeness (QED) is 0.773. The van der Waals surface area contributed by atoms with Gasteiger partial charge in [-0.25, -0.2) is 0 Å². The fourth-order valence-electron chi connectivity index (χ4n) is 2.45. The van der Waals surface area contributed by atoms with Crippen molar-refractivity contribution in [3.63, 3.8) is 0 Å².